The number of aliphatic hydroxyl groups excluding tert-OH is 1. The van der Waals surface area contributed by atoms with E-state index in [4.69, 9.17) is 5.11 Å². The monoisotopic (exact) mass is 118 g/mol. The third-order valence-electron chi connectivity index (χ3n) is 0.970. The van der Waals surface area contributed by atoms with Gasteiger partial charge < -0.3 is 9.67 Å². The maximum Gasteiger partial charge on any atom is 0.124 e. The van der Waals surface area contributed by atoms with Gasteiger partial charge in [-0.05, 0) is 12.2 Å². The standard InChI is InChI=1S/C4H7O2P/c5-4-2-1-3-7(4)6/h1,3-5,7H,2H2. The van der Waals surface area contributed by atoms with Crippen molar-refractivity contribution in [1.82, 2.24) is 0 Å². The van der Waals surface area contributed by atoms with E-state index in [2.05, 4.69) is 0 Å². The van der Waals surface area contributed by atoms with Crippen molar-refractivity contribution in [3.8, 4) is 0 Å². The van der Waals surface area contributed by atoms with Gasteiger partial charge in [-0.15, -0.1) is 0 Å². The van der Waals surface area contributed by atoms with Crippen LogP contribution in [0.2, 0.25) is 0 Å². The molecule has 1 N–H and O–H groups in total. The SMILES string of the molecule is O=[PH]1C=CCC1O. The van der Waals surface area contributed by atoms with Gasteiger partial charge in [-0.25, -0.2) is 0 Å². The minimum Gasteiger partial charge on any atom is -0.385 e. The first-order chi connectivity index (χ1) is 3.30. The Balaban J connectivity index is 2.62. The predicted molar refractivity (Wildman–Crippen MR) is 28.8 cm³/mol. The van der Waals surface area contributed by atoms with Crippen LogP contribution in [0.15, 0.2) is 11.9 Å². The summed E-state index contributed by atoms with van der Waals surface area (Å²) in [4.78, 5) is 0. The Kier molecular flexibility index (Phi) is 1.31. The van der Waals surface area contributed by atoms with Crippen molar-refractivity contribution in [2.24, 2.45) is 0 Å². The topological polar surface area (TPSA) is 37.3 Å². The number of hydrogen-bond donors (Lipinski definition) is 1. The van der Waals surface area contributed by atoms with Crippen LogP contribution in [0.4, 0.5) is 0 Å². The van der Waals surface area contributed by atoms with Gasteiger partial charge in [0.25, 0.3) is 0 Å². The lowest BCUT2D eigenvalue weighted by atomic mass is 10.5. The highest BCUT2D eigenvalue weighted by atomic mass is 31.1. The second kappa shape index (κ2) is 1.81. The molecule has 0 saturated heterocycles. The summed E-state index contributed by atoms with van der Waals surface area (Å²) in [5.74, 6) is 1.04. The quantitative estimate of drug-likeness (QED) is 0.477. The maximum absolute atomic E-state index is 10.4. The zero-order valence-corrected chi connectivity index (χ0v) is 4.79. The molecule has 0 aliphatic carbocycles. The average Bonchev–Trinajstić information content (AvgIpc) is 1.91. The number of hydrogen-bond acceptors (Lipinski definition) is 2. The summed E-state index contributed by atoms with van der Waals surface area (Å²) in [6, 6.07) is 0. The van der Waals surface area contributed by atoms with E-state index in [1.165, 1.54) is 0 Å². The molecule has 0 spiro atoms. The van der Waals surface area contributed by atoms with Crippen LogP contribution in [0.25, 0.3) is 0 Å². The Labute approximate surface area is 42.6 Å². The molecule has 0 radical (unpaired) electrons. The van der Waals surface area contributed by atoms with Crippen molar-refractivity contribution in [2.75, 3.05) is 0 Å². The van der Waals surface area contributed by atoms with Crippen LogP contribution in [-0.4, -0.2) is 11.0 Å². The van der Waals surface area contributed by atoms with Crippen LogP contribution < -0.4 is 0 Å². The Bertz CT molecular complexity index is 119. The lowest BCUT2D eigenvalue weighted by molar-refractivity contribution is 0.260. The van der Waals surface area contributed by atoms with Gasteiger partial charge in [-0.3, -0.25) is 0 Å². The molecule has 2 atom stereocenters. The predicted octanol–water partition coefficient (Wildman–Crippen LogP) is 0.782. The minimum atomic E-state index is -1.71. The second-order valence-electron chi connectivity index (χ2n) is 1.56. The lowest BCUT2D eigenvalue weighted by Gasteiger charge is -1.93. The molecule has 3 heteroatoms. The third kappa shape index (κ3) is 0.929. The lowest BCUT2D eigenvalue weighted by Crippen LogP contribution is -1.90. The van der Waals surface area contributed by atoms with Crippen LogP contribution in [-0.2, 0) is 4.57 Å². The zero-order chi connectivity index (χ0) is 5.28. The van der Waals surface area contributed by atoms with E-state index >= 15 is 0 Å². The van der Waals surface area contributed by atoms with Gasteiger partial charge in [0.2, 0.25) is 0 Å². The van der Waals surface area contributed by atoms with E-state index in [9.17, 15) is 4.57 Å². The van der Waals surface area contributed by atoms with Crippen molar-refractivity contribution >= 4 is 7.80 Å². The fourth-order valence-electron chi connectivity index (χ4n) is 0.540. The summed E-state index contributed by atoms with van der Waals surface area (Å²) in [6.07, 6.45) is 2.34. The van der Waals surface area contributed by atoms with Gasteiger partial charge in [0.15, 0.2) is 0 Å². The maximum atomic E-state index is 10.4. The molecular weight excluding hydrogens is 111 g/mol. The molecule has 2 nitrogen and oxygen atoms in total. The van der Waals surface area contributed by atoms with Crippen LogP contribution in [0.5, 0.6) is 0 Å². The molecule has 0 saturated carbocycles. The molecule has 1 rings (SSSR count). The Morgan fingerprint density at radius 3 is 2.71 bits per heavy atom. The molecule has 1 aliphatic rings. The first-order valence-electron chi connectivity index (χ1n) is 2.19. The fourth-order valence-corrected chi connectivity index (χ4v) is 1.50. The summed E-state index contributed by atoms with van der Waals surface area (Å²) >= 11 is 0. The van der Waals surface area contributed by atoms with Gasteiger partial charge in [0.1, 0.15) is 13.6 Å². The molecule has 0 bridgehead atoms. The Morgan fingerprint density at radius 2 is 2.57 bits per heavy atom. The summed E-state index contributed by atoms with van der Waals surface area (Å²) in [6.45, 7) is 0. The van der Waals surface area contributed by atoms with Crippen LogP contribution in [0.3, 0.4) is 0 Å². The van der Waals surface area contributed by atoms with Gasteiger partial charge >= 0.3 is 0 Å². The molecule has 0 aromatic rings. The van der Waals surface area contributed by atoms with Gasteiger partial charge in [-0.2, -0.15) is 0 Å². The largest absolute Gasteiger partial charge is 0.385 e. The van der Waals surface area contributed by atoms with Crippen LogP contribution >= 0.6 is 7.80 Å². The van der Waals surface area contributed by atoms with Crippen molar-refractivity contribution in [3.63, 3.8) is 0 Å². The van der Waals surface area contributed by atoms with Gasteiger partial charge in [-0.1, -0.05) is 6.08 Å². The highest BCUT2D eigenvalue weighted by Gasteiger charge is 2.12. The molecule has 0 amide bonds. The van der Waals surface area contributed by atoms with E-state index in [1.54, 1.807) is 11.9 Å². The van der Waals surface area contributed by atoms with Crippen LogP contribution in [0, 0.1) is 0 Å². The molecule has 0 fully saturated rings. The smallest absolute Gasteiger partial charge is 0.124 e. The number of rotatable bonds is 0. The highest BCUT2D eigenvalue weighted by molar-refractivity contribution is 7.49. The molecule has 2 unspecified atom stereocenters. The van der Waals surface area contributed by atoms with E-state index < -0.39 is 13.6 Å². The normalized spacial score (nSPS) is 39.6. The molecule has 0 aromatic heterocycles. The van der Waals surface area contributed by atoms with Crippen molar-refractivity contribution in [1.29, 1.82) is 0 Å². The summed E-state index contributed by atoms with van der Waals surface area (Å²) in [7, 11) is -1.71. The minimum absolute atomic E-state index is 0.551. The molecule has 1 aliphatic heterocycles. The van der Waals surface area contributed by atoms with Gasteiger partial charge in [0.05, 0.1) is 0 Å². The van der Waals surface area contributed by atoms with E-state index in [1.807, 2.05) is 0 Å². The highest BCUT2D eigenvalue weighted by Crippen LogP contribution is 2.35. The average molecular weight is 118 g/mol. The fraction of sp³-hybridized carbons (Fsp3) is 0.500. The van der Waals surface area contributed by atoms with Gasteiger partial charge in [0, 0.05) is 0 Å². The Morgan fingerprint density at radius 1 is 1.86 bits per heavy atom. The first kappa shape index (κ1) is 5.07. The molecular formula is C4H7O2P. The first-order valence-corrected chi connectivity index (χ1v) is 3.75. The molecule has 40 valence electrons. The van der Waals surface area contributed by atoms with E-state index in [0.717, 1.165) is 0 Å². The van der Waals surface area contributed by atoms with Crippen LogP contribution in [0.1, 0.15) is 6.42 Å². The molecule has 1 heterocycles. The van der Waals surface area contributed by atoms with E-state index in [0.29, 0.717) is 6.42 Å². The van der Waals surface area contributed by atoms with Crippen molar-refractivity contribution in [2.45, 2.75) is 12.3 Å². The summed E-state index contributed by atoms with van der Waals surface area (Å²) < 4.78 is 10.4. The van der Waals surface area contributed by atoms with Crippen molar-refractivity contribution < 1.29 is 9.67 Å². The molecule has 0 aromatic carbocycles. The van der Waals surface area contributed by atoms with Crippen molar-refractivity contribution in [3.05, 3.63) is 11.9 Å². The molecule has 7 heavy (non-hydrogen) atoms. The summed E-state index contributed by atoms with van der Waals surface area (Å²) in [5, 5.41) is 8.67. The zero-order valence-electron chi connectivity index (χ0n) is 3.79. The van der Waals surface area contributed by atoms with E-state index in [-0.39, 0.29) is 0 Å². The third-order valence-corrected chi connectivity index (χ3v) is 2.43. The second-order valence-corrected chi connectivity index (χ2v) is 3.36. The summed E-state index contributed by atoms with van der Waals surface area (Å²) in [5.41, 5.74) is 0. The number of aliphatic hydroxyl groups is 1. The Hall–Kier alpha value is -0.0700.